The van der Waals surface area contributed by atoms with Crippen LogP contribution in [0.1, 0.15) is 10.4 Å². The summed E-state index contributed by atoms with van der Waals surface area (Å²) >= 11 is 0. The fraction of sp³-hybridized carbons (Fsp3) is 0.357. The van der Waals surface area contributed by atoms with Gasteiger partial charge in [-0.3, -0.25) is 9.59 Å². The molecule has 0 saturated carbocycles. The lowest BCUT2D eigenvalue weighted by atomic mass is 10.2. The van der Waals surface area contributed by atoms with Crippen molar-refractivity contribution in [3.63, 3.8) is 0 Å². The first-order chi connectivity index (χ1) is 10.5. The smallest absolute Gasteiger partial charge is 0.338 e. The number of nitrogens with zero attached hydrogens (tertiary/aromatic N) is 1. The number of carbonyl (C=O) groups excluding carboxylic acids is 3. The highest BCUT2D eigenvalue weighted by Crippen LogP contribution is 2.32. The minimum absolute atomic E-state index is 0.100. The second-order valence-corrected chi connectivity index (χ2v) is 4.57. The zero-order valence-corrected chi connectivity index (χ0v) is 12.3. The van der Waals surface area contributed by atoms with Gasteiger partial charge in [0.05, 0.1) is 12.1 Å². The van der Waals surface area contributed by atoms with E-state index in [0.29, 0.717) is 11.5 Å². The Balaban J connectivity index is 1.87. The van der Waals surface area contributed by atoms with Crippen LogP contribution >= 0.6 is 0 Å². The number of likely N-dealkylation sites (N-methyl/N-ethyl adjacent to an activating group) is 2. The minimum Gasteiger partial charge on any atom is -0.454 e. The Hall–Kier alpha value is -2.77. The Bertz CT molecular complexity index is 601. The molecule has 2 amide bonds. The van der Waals surface area contributed by atoms with Crippen molar-refractivity contribution in [2.75, 3.05) is 34.0 Å². The molecular weight excluding hydrogens is 292 g/mol. The van der Waals surface area contributed by atoms with Gasteiger partial charge in [-0.05, 0) is 18.2 Å². The van der Waals surface area contributed by atoms with Crippen LogP contribution in [0.15, 0.2) is 18.2 Å². The zero-order valence-electron chi connectivity index (χ0n) is 12.3. The monoisotopic (exact) mass is 308 g/mol. The molecule has 8 heteroatoms. The lowest BCUT2D eigenvalue weighted by Crippen LogP contribution is -2.39. The number of carbonyl (C=O) groups is 3. The van der Waals surface area contributed by atoms with Gasteiger partial charge in [0.25, 0.3) is 5.91 Å². The highest BCUT2D eigenvalue weighted by atomic mass is 16.7. The fourth-order valence-corrected chi connectivity index (χ4v) is 1.73. The molecule has 8 nitrogen and oxygen atoms in total. The fourth-order valence-electron chi connectivity index (χ4n) is 1.73. The van der Waals surface area contributed by atoms with Gasteiger partial charge >= 0.3 is 5.97 Å². The van der Waals surface area contributed by atoms with Gasteiger partial charge in [-0.15, -0.1) is 0 Å². The maximum Gasteiger partial charge on any atom is 0.338 e. The summed E-state index contributed by atoms with van der Waals surface area (Å²) in [6, 6.07) is 4.61. The van der Waals surface area contributed by atoms with Crippen molar-refractivity contribution in [1.82, 2.24) is 10.2 Å². The van der Waals surface area contributed by atoms with Crippen molar-refractivity contribution in [3.8, 4) is 11.5 Å². The van der Waals surface area contributed by atoms with Gasteiger partial charge in [0.2, 0.25) is 12.7 Å². The van der Waals surface area contributed by atoms with E-state index in [0.717, 1.165) is 0 Å². The number of fused-ring (bicyclic) bond motifs is 1. The highest BCUT2D eigenvalue weighted by Gasteiger charge is 2.19. The molecule has 0 bridgehead atoms. The van der Waals surface area contributed by atoms with Crippen LogP contribution in [-0.2, 0) is 14.3 Å². The first-order valence-electron chi connectivity index (χ1n) is 6.52. The molecule has 0 unspecified atom stereocenters. The summed E-state index contributed by atoms with van der Waals surface area (Å²) in [5.41, 5.74) is 0.256. The van der Waals surface area contributed by atoms with Crippen molar-refractivity contribution in [2.45, 2.75) is 0 Å². The minimum atomic E-state index is -0.653. The molecule has 0 spiro atoms. The molecule has 1 aliphatic rings. The Kier molecular flexibility index (Phi) is 4.82. The van der Waals surface area contributed by atoms with Crippen LogP contribution in [0.2, 0.25) is 0 Å². The molecule has 1 heterocycles. The summed E-state index contributed by atoms with van der Waals surface area (Å²) in [6.45, 7) is -0.436. The van der Waals surface area contributed by atoms with Gasteiger partial charge in [-0.1, -0.05) is 0 Å². The topological polar surface area (TPSA) is 94.2 Å². The molecule has 118 valence electrons. The molecule has 0 saturated heterocycles. The lowest BCUT2D eigenvalue weighted by molar-refractivity contribution is -0.137. The Labute approximate surface area is 126 Å². The Morgan fingerprint density at radius 2 is 2.00 bits per heavy atom. The number of hydrogen-bond donors (Lipinski definition) is 1. The van der Waals surface area contributed by atoms with Gasteiger partial charge in [0.1, 0.15) is 0 Å². The Morgan fingerprint density at radius 3 is 2.73 bits per heavy atom. The summed E-state index contributed by atoms with van der Waals surface area (Å²) in [5.74, 6) is -0.425. The molecule has 0 aliphatic carbocycles. The molecular formula is C14H16N2O6. The summed E-state index contributed by atoms with van der Waals surface area (Å²) in [6.07, 6.45) is 0. The normalized spacial score (nSPS) is 11.7. The van der Waals surface area contributed by atoms with Gasteiger partial charge in [0.15, 0.2) is 18.1 Å². The van der Waals surface area contributed by atoms with Crippen LogP contribution in [0.25, 0.3) is 0 Å². The maximum atomic E-state index is 11.9. The second-order valence-electron chi connectivity index (χ2n) is 4.57. The summed E-state index contributed by atoms with van der Waals surface area (Å²) in [5, 5.41) is 2.40. The van der Waals surface area contributed by atoms with Crippen LogP contribution in [0.4, 0.5) is 0 Å². The van der Waals surface area contributed by atoms with Gasteiger partial charge in [-0.2, -0.15) is 0 Å². The average molecular weight is 308 g/mol. The Morgan fingerprint density at radius 1 is 1.27 bits per heavy atom. The van der Waals surface area contributed by atoms with E-state index < -0.39 is 18.5 Å². The highest BCUT2D eigenvalue weighted by molar-refractivity contribution is 5.92. The van der Waals surface area contributed by atoms with Crippen molar-refractivity contribution >= 4 is 17.8 Å². The van der Waals surface area contributed by atoms with Crippen LogP contribution in [-0.4, -0.2) is 56.7 Å². The van der Waals surface area contributed by atoms with E-state index in [2.05, 4.69) is 5.32 Å². The molecule has 22 heavy (non-hydrogen) atoms. The third-order valence-electron chi connectivity index (χ3n) is 3.02. The van der Waals surface area contributed by atoms with Crippen LogP contribution < -0.4 is 14.8 Å². The van der Waals surface area contributed by atoms with Crippen molar-refractivity contribution in [1.29, 1.82) is 0 Å². The van der Waals surface area contributed by atoms with E-state index in [1.165, 1.54) is 31.1 Å². The van der Waals surface area contributed by atoms with Crippen molar-refractivity contribution in [3.05, 3.63) is 23.8 Å². The van der Waals surface area contributed by atoms with Crippen molar-refractivity contribution in [2.24, 2.45) is 0 Å². The summed E-state index contributed by atoms with van der Waals surface area (Å²) in [4.78, 5) is 36.0. The van der Waals surface area contributed by atoms with Crippen LogP contribution in [0.5, 0.6) is 11.5 Å². The molecule has 0 radical (unpaired) electrons. The molecule has 2 rings (SSSR count). The molecule has 1 aromatic carbocycles. The van der Waals surface area contributed by atoms with Crippen LogP contribution in [0.3, 0.4) is 0 Å². The predicted molar refractivity (Wildman–Crippen MR) is 74.6 cm³/mol. The number of ether oxygens (including phenoxy) is 3. The number of hydrogen-bond acceptors (Lipinski definition) is 6. The van der Waals surface area contributed by atoms with E-state index in [1.807, 2.05) is 0 Å². The van der Waals surface area contributed by atoms with E-state index in [9.17, 15) is 14.4 Å². The molecule has 1 aliphatic heterocycles. The second kappa shape index (κ2) is 6.79. The zero-order chi connectivity index (χ0) is 16.1. The number of benzene rings is 1. The average Bonchev–Trinajstić information content (AvgIpc) is 2.99. The van der Waals surface area contributed by atoms with Gasteiger partial charge in [0, 0.05) is 14.1 Å². The quantitative estimate of drug-likeness (QED) is 0.756. The molecule has 0 atom stereocenters. The number of amides is 2. The maximum absolute atomic E-state index is 11.9. The van der Waals surface area contributed by atoms with E-state index in [1.54, 1.807) is 6.07 Å². The van der Waals surface area contributed by atoms with E-state index in [-0.39, 0.29) is 24.8 Å². The molecule has 1 aromatic rings. The summed E-state index contributed by atoms with van der Waals surface area (Å²) in [7, 11) is 2.92. The molecule has 1 N–H and O–H groups in total. The largest absolute Gasteiger partial charge is 0.454 e. The summed E-state index contributed by atoms with van der Waals surface area (Å²) < 4.78 is 15.2. The number of rotatable bonds is 5. The van der Waals surface area contributed by atoms with Crippen LogP contribution in [0, 0.1) is 0 Å². The third-order valence-corrected chi connectivity index (χ3v) is 3.02. The molecule has 0 fully saturated rings. The number of nitrogens with one attached hydrogen (secondary N) is 1. The van der Waals surface area contributed by atoms with E-state index in [4.69, 9.17) is 14.2 Å². The first-order valence-corrected chi connectivity index (χ1v) is 6.52. The van der Waals surface area contributed by atoms with E-state index >= 15 is 0 Å². The molecule has 0 aromatic heterocycles. The lowest BCUT2D eigenvalue weighted by Gasteiger charge is -2.15. The predicted octanol–water partition coefficient (Wildman–Crippen LogP) is -0.223. The standard InChI is InChI=1S/C14H16N2O6/c1-15-12(17)6-16(2)13(18)7-20-14(19)9-3-4-10-11(5-9)22-8-21-10/h3-5H,6-8H2,1-2H3,(H,15,17). The van der Waals surface area contributed by atoms with Gasteiger partial charge in [-0.25, -0.2) is 4.79 Å². The first kappa shape index (κ1) is 15.6. The van der Waals surface area contributed by atoms with Crippen molar-refractivity contribution < 1.29 is 28.6 Å². The third kappa shape index (κ3) is 3.66. The SMILES string of the molecule is CNC(=O)CN(C)C(=O)COC(=O)c1ccc2c(c1)OCO2. The van der Waals surface area contributed by atoms with Gasteiger partial charge < -0.3 is 24.4 Å². The number of esters is 1.